The van der Waals surface area contributed by atoms with Crippen LogP contribution in [0, 0.1) is 11.7 Å². The van der Waals surface area contributed by atoms with Gasteiger partial charge in [0, 0.05) is 13.1 Å². The summed E-state index contributed by atoms with van der Waals surface area (Å²) in [4.78, 5) is 14.1. The zero-order valence-corrected chi connectivity index (χ0v) is 11.6. The molecule has 2 aliphatic rings. The molecular weight excluding hydrogens is 255 g/mol. The van der Waals surface area contributed by atoms with Crippen LogP contribution in [0.5, 0.6) is 0 Å². The topological polar surface area (TPSA) is 46.3 Å². The fourth-order valence-corrected chi connectivity index (χ4v) is 3.00. The van der Waals surface area contributed by atoms with Crippen LogP contribution >= 0.6 is 0 Å². The van der Waals surface area contributed by atoms with Crippen molar-refractivity contribution in [3.63, 3.8) is 0 Å². The highest BCUT2D eigenvalue weighted by Crippen LogP contribution is 2.35. The van der Waals surface area contributed by atoms with E-state index in [1.165, 1.54) is 6.07 Å². The van der Waals surface area contributed by atoms with Gasteiger partial charge in [0.2, 0.25) is 5.91 Å². The van der Waals surface area contributed by atoms with E-state index in [4.69, 9.17) is 5.73 Å². The van der Waals surface area contributed by atoms with Crippen LogP contribution in [0.1, 0.15) is 31.2 Å². The minimum Gasteiger partial charge on any atom is -0.341 e. The Balaban J connectivity index is 1.52. The first-order chi connectivity index (χ1) is 9.57. The van der Waals surface area contributed by atoms with Gasteiger partial charge in [-0.05, 0) is 55.7 Å². The molecule has 1 aromatic carbocycles. The van der Waals surface area contributed by atoms with Crippen LogP contribution in [0.25, 0.3) is 0 Å². The number of halogens is 1. The average Bonchev–Trinajstić information content (AvgIpc) is 3.18. The van der Waals surface area contributed by atoms with E-state index in [0.29, 0.717) is 5.92 Å². The monoisotopic (exact) mass is 276 g/mol. The van der Waals surface area contributed by atoms with Gasteiger partial charge in [-0.15, -0.1) is 0 Å². The molecule has 108 valence electrons. The Labute approximate surface area is 118 Å². The molecule has 1 aliphatic heterocycles. The van der Waals surface area contributed by atoms with Gasteiger partial charge in [-0.2, -0.15) is 0 Å². The number of nitrogens with zero attached hydrogens (tertiary/aromatic N) is 1. The van der Waals surface area contributed by atoms with Crippen LogP contribution in [0.15, 0.2) is 24.3 Å². The molecule has 1 heterocycles. The number of nitrogens with two attached hydrogens (primary N) is 1. The first kappa shape index (κ1) is 13.6. The van der Waals surface area contributed by atoms with Crippen molar-refractivity contribution in [2.24, 2.45) is 11.7 Å². The first-order valence-corrected chi connectivity index (χ1v) is 7.39. The van der Waals surface area contributed by atoms with Crippen molar-refractivity contribution < 1.29 is 9.18 Å². The van der Waals surface area contributed by atoms with Crippen LogP contribution in [0.4, 0.5) is 4.39 Å². The number of hydrogen-bond donors (Lipinski definition) is 1. The third kappa shape index (κ3) is 2.85. The second-order valence-corrected chi connectivity index (χ2v) is 6.23. The lowest BCUT2D eigenvalue weighted by Gasteiger charge is -2.33. The zero-order chi connectivity index (χ0) is 14.2. The van der Waals surface area contributed by atoms with Gasteiger partial charge in [-0.1, -0.05) is 12.1 Å². The Bertz CT molecular complexity index is 505. The normalized spacial score (nSPS) is 21.8. The minimum atomic E-state index is -0.546. The van der Waals surface area contributed by atoms with Crippen LogP contribution in [-0.4, -0.2) is 29.4 Å². The van der Waals surface area contributed by atoms with E-state index in [1.807, 2.05) is 11.0 Å². The lowest BCUT2D eigenvalue weighted by atomic mass is 9.90. The number of piperidine rings is 1. The van der Waals surface area contributed by atoms with Crippen LogP contribution in [-0.2, 0) is 11.2 Å². The molecular formula is C16H21FN2O. The van der Waals surface area contributed by atoms with Crippen LogP contribution < -0.4 is 5.73 Å². The second kappa shape index (κ2) is 5.17. The van der Waals surface area contributed by atoms with E-state index in [-0.39, 0.29) is 11.7 Å². The summed E-state index contributed by atoms with van der Waals surface area (Å²) in [7, 11) is 0. The summed E-state index contributed by atoms with van der Waals surface area (Å²) in [6.07, 6.45) is 4.52. The molecule has 2 N–H and O–H groups in total. The molecule has 1 amide bonds. The van der Waals surface area contributed by atoms with Crippen molar-refractivity contribution >= 4 is 5.91 Å². The Morgan fingerprint density at radius 3 is 2.65 bits per heavy atom. The third-order valence-corrected chi connectivity index (χ3v) is 4.53. The van der Waals surface area contributed by atoms with Gasteiger partial charge in [0.1, 0.15) is 5.82 Å². The third-order valence-electron chi connectivity index (χ3n) is 4.53. The Morgan fingerprint density at radius 2 is 2.05 bits per heavy atom. The van der Waals surface area contributed by atoms with Crippen molar-refractivity contribution in [2.45, 2.75) is 37.6 Å². The van der Waals surface area contributed by atoms with E-state index in [2.05, 4.69) is 0 Å². The number of carbonyl (C=O) groups excluding carboxylic acids is 1. The number of carbonyl (C=O) groups is 1. The van der Waals surface area contributed by atoms with Crippen molar-refractivity contribution in [3.8, 4) is 0 Å². The van der Waals surface area contributed by atoms with Gasteiger partial charge in [-0.3, -0.25) is 4.79 Å². The summed E-state index contributed by atoms with van der Waals surface area (Å²) in [6.45, 7) is 1.58. The van der Waals surface area contributed by atoms with E-state index in [9.17, 15) is 9.18 Å². The fraction of sp³-hybridized carbons (Fsp3) is 0.562. The van der Waals surface area contributed by atoms with Crippen molar-refractivity contribution in [1.29, 1.82) is 0 Å². The van der Waals surface area contributed by atoms with Crippen LogP contribution in [0.3, 0.4) is 0 Å². The van der Waals surface area contributed by atoms with E-state index < -0.39 is 5.54 Å². The van der Waals surface area contributed by atoms with Crippen molar-refractivity contribution in [2.75, 3.05) is 13.1 Å². The molecule has 0 atom stereocenters. The number of rotatable bonds is 3. The Hall–Kier alpha value is -1.42. The zero-order valence-electron chi connectivity index (χ0n) is 11.6. The molecule has 0 bridgehead atoms. The largest absolute Gasteiger partial charge is 0.341 e. The fourth-order valence-electron chi connectivity index (χ4n) is 3.00. The Morgan fingerprint density at radius 1 is 1.35 bits per heavy atom. The molecule has 3 nitrogen and oxygen atoms in total. The molecule has 2 fully saturated rings. The highest BCUT2D eigenvalue weighted by molar-refractivity contribution is 5.89. The molecule has 4 heteroatoms. The quantitative estimate of drug-likeness (QED) is 0.919. The summed E-state index contributed by atoms with van der Waals surface area (Å²) < 4.78 is 13.2. The summed E-state index contributed by atoms with van der Waals surface area (Å²) in [5.41, 5.74) is 6.47. The first-order valence-electron chi connectivity index (χ1n) is 7.39. The highest BCUT2D eigenvalue weighted by atomic mass is 19.1. The molecule has 20 heavy (non-hydrogen) atoms. The van der Waals surface area contributed by atoms with Gasteiger partial charge in [0.25, 0.3) is 0 Å². The number of likely N-dealkylation sites (tertiary alicyclic amines) is 1. The smallest absolute Gasteiger partial charge is 0.242 e. The van der Waals surface area contributed by atoms with Gasteiger partial charge < -0.3 is 10.6 Å². The maximum Gasteiger partial charge on any atom is 0.242 e. The maximum atomic E-state index is 13.2. The van der Waals surface area contributed by atoms with Gasteiger partial charge in [0.15, 0.2) is 0 Å². The van der Waals surface area contributed by atoms with E-state index >= 15 is 0 Å². The Kier molecular flexibility index (Phi) is 3.50. The second-order valence-electron chi connectivity index (χ2n) is 6.23. The highest BCUT2D eigenvalue weighted by Gasteiger charge is 2.48. The predicted molar refractivity (Wildman–Crippen MR) is 75.6 cm³/mol. The van der Waals surface area contributed by atoms with E-state index in [0.717, 1.165) is 50.8 Å². The molecule has 0 spiro atoms. The summed E-state index contributed by atoms with van der Waals surface area (Å²) >= 11 is 0. The average molecular weight is 276 g/mol. The van der Waals surface area contributed by atoms with Crippen LogP contribution in [0.2, 0.25) is 0 Å². The number of hydrogen-bond acceptors (Lipinski definition) is 2. The molecule has 0 radical (unpaired) electrons. The minimum absolute atomic E-state index is 0.127. The molecule has 1 aromatic rings. The number of benzene rings is 1. The SMILES string of the molecule is NC1(C(=O)N2CCC(Cc3cccc(F)c3)CC2)CC1. The molecule has 1 saturated heterocycles. The summed E-state index contributed by atoms with van der Waals surface area (Å²) in [6, 6.07) is 6.81. The molecule has 1 saturated carbocycles. The number of amides is 1. The van der Waals surface area contributed by atoms with Crippen molar-refractivity contribution in [1.82, 2.24) is 4.90 Å². The molecule has 1 aliphatic carbocycles. The molecule has 0 unspecified atom stereocenters. The van der Waals surface area contributed by atoms with Gasteiger partial charge >= 0.3 is 0 Å². The summed E-state index contributed by atoms with van der Waals surface area (Å²) in [5.74, 6) is 0.490. The maximum absolute atomic E-state index is 13.2. The van der Waals surface area contributed by atoms with Crippen molar-refractivity contribution in [3.05, 3.63) is 35.6 Å². The van der Waals surface area contributed by atoms with E-state index in [1.54, 1.807) is 12.1 Å². The molecule has 0 aromatic heterocycles. The summed E-state index contributed by atoms with van der Waals surface area (Å²) in [5, 5.41) is 0. The standard InChI is InChI=1S/C16H21FN2O/c17-14-3-1-2-13(11-14)10-12-4-8-19(9-5-12)15(20)16(18)6-7-16/h1-3,11-12H,4-10,18H2. The lowest BCUT2D eigenvalue weighted by molar-refractivity contribution is -0.135. The lowest BCUT2D eigenvalue weighted by Crippen LogP contribution is -2.48. The van der Waals surface area contributed by atoms with Gasteiger partial charge in [0.05, 0.1) is 5.54 Å². The molecule has 3 rings (SSSR count). The predicted octanol–water partition coefficient (Wildman–Crippen LogP) is 2.10. The van der Waals surface area contributed by atoms with Gasteiger partial charge in [-0.25, -0.2) is 4.39 Å².